The molecule has 1 aromatic rings. The first-order valence-electron chi connectivity index (χ1n) is 6.42. The van der Waals surface area contributed by atoms with E-state index in [1.807, 2.05) is 13.1 Å². The molecule has 2 nitrogen and oxygen atoms in total. The standard InChI is InChI=1S/C14H19ClFNO/c1-17-11-3-5-12(6-4-11)18-9-10-2-7-13(15)14(16)8-10/h2,7-8,11-12,17H,3-6,9H2,1H3. The van der Waals surface area contributed by atoms with E-state index in [0.717, 1.165) is 31.2 Å². The van der Waals surface area contributed by atoms with E-state index in [0.29, 0.717) is 18.8 Å². The Hall–Kier alpha value is -0.640. The normalized spacial score (nSPS) is 24.2. The number of ether oxygens (including phenoxy) is 1. The van der Waals surface area contributed by atoms with Crippen LogP contribution in [0.1, 0.15) is 31.2 Å². The zero-order valence-electron chi connectivity index (χ0n) is 10.6. The number of hydrogen-bond donors (Lipinski definition) is 1. The lowest BCUT2D eigenvalue weighted by molar-refractivity contribution is 0.0117. The lowest BCUT2D eigenvalue weighted by Gasteiger charge is -2.28. The van der Waals surface area contributed by atoms with Crippen molar-refractivity contribution < 1.29 is 9.13 Å². The Morgan fingerprint density at radius 3 is 2.67 bits per heavy atom. The largest absolute Gasteiger partial charge is 0.374 e. The zero-order chi connectivity index (χ0) is 13.0. The van der Waals surface area contributed by atoms with Gasteiger partial charge in [0.1, 0.15) is 5.82 Å². The summed E-state index contributed by atoms with van der Waals surface area (Å²) in [4.78, 5) is 0. The fraction of sp³-hybridized carbons (Fsp3) is 0.571. The number of benzene rings is 1. The highest BCUT2D eigenvalue weighted by atomic mass is 35.5. The molecule has 0 saturated heterocycles. The second-order valence-electron chi connectivity index (χ2n) is 4.82. The van der Waals surface area contributed by atoms with Crippen molar-refractivity contribution >= 4 is 11.6 Å². The van der Waals surface area contributed by atoms with E-state index in [1.165, 1.54) is 6.07 Å². The Labute approximate surface area is 112 Å². The van der Waals surface area contributed by atoms with Crippen LogP contribution in [0.3, 0.4) is 0 Å². The summed E-state index contributed by atoms with van der Waals surface area (Å²) in [5.41, 5.74) is 0.840. The Morgan fingerprint density at radius 2 is 2.06 bits per heavy atom. The van der Waals surface area contributed by atoms with Gasteiger partial charge in [-0.1, -0.05) is 17.7 Å². The molecule has 1 saturated carbocycles. The summed E-state index contributed by atoms with van der Waals surface area (Å²) >= 11 is 5.64. The summed E-state index contributed by atoms with van der Waals surface area (Å²) in [6, 6.07) is 5.46. The Kier molecular flexibility index (Phi) is 4.98. The third-order valence-electron chi connectivity index (χ3n) is 3.55. The van der Waals surface area contributed by atoms with Gasteiger partial charge in [-0.05, 0) is 50.4 Å². The molecule has 0 radical (unpaired) electrons. The SMILES string of the molecule is CNC1CCC(OCc2ccc(Cl)c(F)c2)CC1. The van der Waals surface area contributed by atoms with Gasteiger partial charge in [-0.2, -0.15) is 0 Å². The second kappa shape index (κ2) is 6.50. The Morgan fingerprint density at radius 1 is 1.33 bits per heavy atom. The molecule has 100 valence electrons. The molecule has 0 amide bonds. The molecule has 1 N–H and O–H groups in total. The maximum atomic E-state index is 13.2. The molecule has 0 atom stereocenters. The van der Waals surface area contributed by atoms with Crippen LogP contribution in [-0.4, -0.2) is 19.2 Å². The maximum absolute atomic E-state index is 13.2. The van der Waals surface area contributed by atoms with Crippen LogP contribution < -0.4 is 5.32 Å². The number of nitrogens with one attached hydrogen (secondary N) is 1. The van der Waals surface area contributed by atoms with Crippen LogP contribution in [-0.2, 0) is 11.3 Å². The minimum Gasteiger partial charge on any atom is -0.374 e. The summed E-state index contributed by atoms with van der Waals surface area (Å²) in [5, 5.41) is 3.45. The van der Waals surface area contributed by atoms with Crippen molar-refractivity contribution in [3.63, 3.8) is 0 Å². The first kappa shape index (κ1) is 13.8. The van der Waals surface area contributed by atoms with Gasteiger partial charge in [-0.15, -0.1) is 0 Å². The van der Waals surface area contributed by atoms with Gasteiger partial charge in [-0.25, -0.2) is 4.39 Å². The van der Waals surface area contributed by atoms with E-state index >= 15 is 0 Å². The number of halogens is 2. The van der Waals surface area contributed by atoms with Crippen molar-refractivity contribution in [3.8, 4) is 0 Å². The third kappa shape index (κ3) is 3.67. The molecule has 0 spiro atoms. The van der Waals surface area contributed by atoms with Crippen LogP contribution in [0.2, 0.25) is 5.02 Å². The predicted molar refractivity (Wildman–Crippen MR) is 71.3 cm³/mol. The summed E-state index contributed by atoms with van der Waals surface area (Å²) in [6.07, 6.45) is 4.74. The maximum Gasteiger partial charge on any atom is 0.142 e. The van der Waals surface area contributed by atoms with E-state index in [2.05, 4.69) is 5.32 Å². The molecule has 4 heteroatoms. The molecule has 1 aliphatic rings. The van der Waals surface area contributed by atoms with Crippen LogP contribution in [0.15, 0.2) is 18.2 Å². The van der Waals surface area contributed by atoms with Crippen LogP contribution in [0.25, 0.3) is 0 Å². The highest BCUT2D eigenvalue weighted by molar-refractivity contribution is 6.30. The van der Waals surface area contributed by atoms with E-state index < -0.39 is 0 Å². The minimum absolute atomic E-state index is 0.160. The molecule has 2 rings (SSSR count). The van der Waals surface area contributed by atoms with Crippen LogP contribution in [0, 0.1) is 5.82 Å². The molecular weight excluding hydrogens is 253 g/mol. The molecule has 0 heterocycles. The first-order chi connectivity index (χ1) is 8.69. The Bertz CT molecular complexity index is 391. The van der Waals surface area contributed by atoms with Gasteiger partial charge in [-0.3, -0.25) is 0 Å². The average Bonchev–Trinajstić information content (AvgIpc) is 2.41. The number of rotatable bonds is 4. The molecule has 1 aliphatic carbocycles. The van der Waals surface area contributed by atoms with Crippen molar-refractivity contribution in [3.05, 3.63) is 34.6 Å². The lowest BCUT2D eigenvalue weighted by atomic mass is 9.93. The van der Waals surface area contributed by atoms with Gasteiger partial charge in [0.2, 0.25) is 0 Å². The summed E-state index contributed by atoms with van der Waals surface area (Å²) in [7, 11) is 2.00. The van der Waals surface area contributed by atoms with Gasteiger partial charge in [0.25, 0.3) is 0 Å². The molecule has 0 bridgehead atoms. The van der Waals surface area contributed by atoms with Crippen molar-refractivity contribution in [1.29, 1.82) is 0 Å². The van der Waals surface area contributed by atoms with E-state index in [9.17, 15) is 4.39 Å². The molecule has 0 unspecified atom stereocenters. The van der Waals surface area contributed by atoms with Gasteiger partial charge in [0.15, 0.2) is 0 Å². The summed E-state index contributed by atoms with van der Waals surface area (Å²) in [5.74, 6) is -0.378. The lowest BCUT2D eigenvalue weighted by Crippen LogP contribution is -2.32. The van der Waals surface area contributed by atoms with Crippen LogP contribution in [0.5, 0.6) is 0 Å². The highest BCUT2D eigenvalue weighted by Gasteiger charge is 2.20. The quantitative estimate of drug-likeness (QED) is 0.905. The summed E-state index contributed by atoms with van der Waals surface area (Å²) in [6.45, 7) is 0.461. The first-order valence-corrected chi connectivity index (χ1v) is 6.79. The molecule has 0 aliphatic heterocycles. The van der Waals surface area contributed by atoms with Crippen LogP contribution in [0.4, 0.5) is 4.39 Å². The molecule has 18 heavy (non-hydrogen) atoms. The van der Waals surface area contributed by atoms with E-state index in [4.69, 9.17) is 16.3 Å². The third-order valence-corrected chi connectivity index (χ3v) is 3.86. The zero-order valence-corrected chi connectivity index (χ0v) is 11.3. The predicted octanol–water partition coefficient (Wildman–Crippen LogP) is 3.53. The van der Waals surface area contributed by atoms with Gasteiger partial charge >= 0.3 is 0 Å². The monoisotopic (exact) mass is 271 g/mol. The van der Waals surface area contributed by atoms with Crippen LogP contribution >= 0.6 is 11.6 Å². The molecular formula is C14H19ClFNO. The molecule has 0 aromatic heterocycles. The van der Waals surface area contributed by atoms with Crippen molar-refractivity contribution in [2.45, 2.75) is 44.4 Å². The van der Waals surface area contributed by atoms with E-state index in [-0.39, 0.29) is 10.8 Å². The Balaban J connectivity index is 1.79. The summed E-state index contributed by atoms with van der Waals surface area (Å²) < 4.78 is 19.1. The molecule has 1 aromatic carbocycles. The van der Waals surface area contributed by atoms with Gasteiger partial charge < -0.3 is 10.1 Å². The highest BCUT2D eigenvalue weighted by Crippen LogP contribution is 2.23. The van der Waals surface area contributed by atoms with E-state index in [1.54, 1.807) is 6.07 Å². The van der Waals surface area contributed by atoms with Crippen molar-refractivity contribution in [1.82, 2.24) is 5.32 Å². The van der Waals surface area contributed by atoms with Gasteiger partial charge in [0.05, 0.1) is 17.7 Å². The topological polar surface area (TPSA) is 21.3 Å². The smallest absolute Gasteiger partial charge is 0.142 e. The number of hydrogen-bond acceptors (Lipinski definition) is 2. The second-order valence-corrected chi connectivity index (χ2v) is 5.23. The van der Waals surface area contributed by atoms with Gasteiger partial charge in [0, 0.05) is 6.04 Å². The minimum atomic E-state index is -0.378. The average molecular weight is 272 g/mol. The molecule has 1 fully saturated rings. The van der Waals surface area contributed by atoms with Crippen molar-refractivity contribution in [2.75, 3.05) is 7.05 Å². The fourth-order valence-corrected chi connectivity index (χ4v) is 2.48. The fourth-order valence-electron chi connectivity index (χ4n) is 2.36. The van der Waals surface area contributed by atoms with Crippen molar-refractivity contribution in [2.24, 2.45) is 0 Å².